The van der Waals surface area contributed by atoms with Crippen molar-refractivity contribution in [3.05, 3.63) is 136 Å². The van der Waals surface area contributed by atoms with Gasteiger partial charge in [-0.05, 0) is 157 Å². The number of nitrogens with zero attached hydrogens (tertiary/aromatic N) is 4. The molecule has 2 amide bonds. The van der Waals surface area contributed by atoms with Crippen molar-refractivity contribution in [1.82, 2.24) is 20.7 Å². The highest BCUT2D eigenvalue weighted by atomic mass is 16.5. The van der Waals surface area contributed by atoms with Gasteiger partial charge in [-0.25, -0.2) is 20.4 Å². The number of nitrogens with one attached hydrogen (secondary N) is 2. The lowest BCUT2D eigenvalue weighted by Gasteiger charge is -2.62. The largest absolute Gasteiger partial charge is 0.459 e. The molecule has 0 saturated heterocycles. The van der Waals surface area contributed by atoms with Crippen molar-refractivity contribution in [1.29, 1.82) is 0 Å². The first-order chi connectivity index (χ1) is 33.0. The summed E-state index contributed by atoms with van der Waals surface area (Å²) in [6, 6.07) is 26.5. The van der Waals surface area contributed by atoms with E-state index in [9.17, 15) is 19.2 Å². The van der Waals surface area contributed by atoms with Crippen LogP contribution in [-0.4, -0.2) is 64.3 Å². The summed E-state index contributed by atoms with van der Waals surface area (Å²) in [5.74, 6) is 1.14. The molecule has 0 unspecified atom stereocenters. The zero-order chi connectivity index (χ0) is 47.0. The molecule has 4 saturated carbocycles. The van der Waals surface area contributed by atoms with E-state index in [2.05, 4.69) is 63.8 Å². The first-order valence-electron chi connectivity index (χ1n) is 24.9. The van der Waals surface area contributed by atoms with Crippen LogP contribution in [-0.2, 0) is 38.6 Å². The summed E-state index contributed by atoms with van der Waals surface area (Å²) >= 11 is 0. The molecule has 19 rings (SSSR count). The van der Waals surface area contributed by atoms with E-state index in [1.807, 2.05) is 48.5 Å². The van der Waals surface area contributed by atoms with Crippen molar-refractivity contribution in [2.24, 2.45) is 56.5 Å². The highest BCUT2D eigenvalue weighted by Crippen LogP contribution is 2.69. The van der Waals surface area contributed by atoms with Gasteiger partial charge in [-0.15, -0.1) is 0 Å². The molecule has 3 aromatic carbocycles. The Balaban J connectivity index is 0.922. The van der Waals surface area contributed by atoms with Crippen LogP contribution in [0.2, 0.25) is 0 Å². The van der Waals surface area contributed by atoms with Crippen LogP contribution in [0, 0.1) is 46.3 Å². The predicted octanol–water partition coefficient (Wildman–Crippen LogP) is 9.06. The average Bonchev–Trinajstić information content (AvgIpc) is 3.72. The molecule has 4 aliphatic carbocycles. The van der Waals surface area contributed by atoms with Gasteiger partial charge in [0.2, 0.25) is 5.91 Å². The maximum Gasteiger partial charge on any atom is 0.338 e. The number of esters is 2. The van der Waals surface area contributed by atoms with Crippen molar-refractivity contribution < 1.29 is 28.7 Å². The quantitative estimate of drug-likeness (QED) is 0.189. The number of aromatic nitrogens is 1. The van der Waals surface area contributed by atoms with E-state index in [0.29, 0.717) is 72.7 Å². The fraction of sp³-hybridized carbons (Fsp3) is 0.482. The molecule has 15 aliphatic rings. The van der Waals surface area contributed by atoms with E-state index in [-0.39, 0.29) is 58.6 Å². The molecule has 0 radical (unpaired) electrons. The molecule has 12 bridgehead atoms. The van der Waals surface area contributed by atoms with Crippen LogP contribution < -0.4 is 10.9 Å². The van der Waals surface area contributed by atoms with Crippen molar-refractivity contribution in [3.63, 3.8) is 0 Å². The van der Waals surface area contributed by atoms with Crippen LogP contribution in [0.25, 0.3) is 0 Å². The number of rotatable bonds is 2. The smallest absolute Gasteiger partial charge is 0.338 e. The lowest BCUT2D eigenvalue weighted by Crippen LogP contribution is -2.59. The first kappa shape index (κ1) is 45.8. The zero-order valence-electron chi connectivity index (χ0n) is 39.5. The molecule has 11 atom stereocenters. The summed E-state index contributed by atoms with van der Waals surface area (Å²) < 4.78 is 13.0. The van der Waals surface area contributed by atoms with Gasteiger partial charge in [-0.2, -0.15) is 10.2 Å². The van der Waals surface area contributed by atoms with E-state index in [0.717, 1.165) is 68.1 Å². The van der Waals surface area contributed by atoms with Crippen LogP contribution in [0.4, 0.5) is 0 Å². The summed E-state index contributed by atoms with van der Waals surface area (Å²) in [5, 5.41) is 8.71. The molecule has 354 valence electrons. The molecule has 1 aromatic heterocycles. The van der Waals surface area contributed by atoms with E-state index in [4.69, 9.17) is 9.47 Å². The molecule has 2 N–H and O–H groups in total. The Morgan fingerprint density at radius 1 is 0.765 bits per heavy atom. The van der Waals surface area contributed by atoms with Crippen LogP contribution in [0.3, 0.4) is 0 Å². The van der Waals surface area contributed by atoms with Crippen LogP contribution >= 0.6 is 0 Å². The molecular formula is C56H64N6O6. The summed E-state index contributed by atoms with van der Waals surface area (Å²) in [6.07, 6.45) is 15.3. The van der Waals surface area contributed by atoms with Gasteiger partial charge >= 0.3 is 11.9 Å². The molecule has 12 heterocycles. The molecular weight excluding hydrogens is 853 g/mol. The van der Waals surface area contributed by atoms with Gasteiger partial charge in [0.25, 0.3) is 5.91 Å². The normalized spacial score (nSPS) is 34.0. The number of hydrazone groups is 2. The van der Waals surface area contributed by atoms with E-state index < -0.39 is 6.04 Å². The lowest BCUT2D eigenvalue weighted by molar-refractivity contribution is -0.176. The van der Waals surface area contributed by atoms with Crippen molar-refractivity contribution in [3.8, 4) is 0 Å². The maximum absolute atomic E-state index is 14.0. The average molecular weight is 917 g/mol. The summed E-state index contributed by atoms with van der Waals surface area (Å²) in [7, 11) is 0. The number of hydrogen-bond donors (Lipinski definition) is 2. The van der Waals surface area contributed by atoms with E-state index in [1.54, 1.807) is 49.1 Å². The highest BCUT2D eigenvalue weighted by Gasteiger charge is 2.65. The molecule has 11 aliphatic heterocycles. The number of hydrogen-bond acceptors (Lipinski definition) is 10. The standard InChI is InChI=1S/C56H64N6O6/c1-35-11-20-51(63)60-58-31-36-12-14-37(15-13-36)33-62-34-42-9-5-4-8-40(42)28-49(62)52(64)61-59-32-38-7-6-10-41(27-38)54(66)67-44-21-24-55(2)43(29-44)16-17-45-47-19-18-46(35)56(47,3)50(30-48(45)55)68-53(65)39-22-25-57-26-23-39/h4-10,12-15,22-23,25-27,31-32,35,43-50H,11,16-21,24,28-30,33-34H2,1-3H3,(H,60,63)(H,61,64)/b58-31+,59-32+/t35-,43-,44-,45+,46-,47+,48+,49-,50+,55+,56-/m1/s1. The third kappa shape index (κ3) is 9.04. The van der Waals surface area contributed by atoms with Gasteiger partial charge in [-0.3, -0.25) is 19.5 Å². The van der Waals surface area contributed by atoms with Gasteiger partial charge < -0.3 is 9.47 Å². The second kappa shape index (κ2) is 19.2. The topological polar surface area (TPSA) is 152 Å². The number of pyridine rings is 1. The summed E-state index contributed by atoms with van der Waals surface area (Å²) in [4.78, 5) is 61.3. The van der Waals surface area contributed by atoms with Gasteiger partial charge in [0.15, 0.2) is 0 Å². The van der Waals surface area contributed by atoms with E-state index >= 15 is 0 Å². The van der Waals surface area contributed by atoms with Crippen LogP contribution in [0.1, 0.15) is 134 Å². The van der Waals surface area contributed by atoms with Crippen LogP contribution in [0.5, 0.6) is 0 Å². The third-order valence-corrected chi connectivity index (χ3v) is 17.6. The number of fused-ring (bicyclic) bond motifs is 1. The van der Waals surface area contributed by atoms with Gasteiger partial charge in [-0.1, -0.05) is 81.4 Å². The van der Waals surface area contributed by atoms with Gasteiger partial charge in [0.05, 0.1) is 29.6 Å². The molecule has 12 heteroatoms. The highest BCUT2D eigenvalue weighted by molar-refractivity contribution is 5.93. The second-order valence-electron chi connectivity index (χ2n) is 21.2. The Labute approximate surface area is 399 Å². The summed E-state index contributed by atoms with van der Waals surface area (Å²) in [6.45, 7) is 8.28. The van der Waals surface area contributed by atoms with Crippen molar-refractivity contribution in [2.75, 3.05) is 0 Å². The molecule has 0 spiro atoms. The van der Waals surface area contributed by atoms with Crippen molar-refractivity contribution >= 4 is 36.2 Å². The van der Waals surface area contributed by atoms with Gasteiger partial charge in [0, 0.05) is 37.3 Å². The number of carbonyl (C=O) groups excluding carboxylic acids is 4. The number of carbonyl (C=O) groups is 4. The number of amides is 2. The fourth-order valence-electron chi connectivity index (χ4n) is 14.0. The first-order valence-corrected chi connectivity index (χ1v) is 24.9. The molecule has 4 fully saturated rings. The van der Waals surface area contributed by atoms with Gasteiger partial charge in [0.1, 0.15) is 12.2 Å². The number of ether oxygens (including phenoxy) is 2. The maximum atomic E-state index is 14.0. The van der Waals surface area contributed by atoms with Crippen LogP contribution in [0.15, 0.2) is 108 Å². The molecule has 68 heavy (non-hydrogen) atoms. The fourth-order valence-corrected chi connectivity index (χ4v) is 14.0. The Kier molecular flexibility index (Phi) is 12.9. The molecule has 12 nitrogen and oxygen atoms in total. The minimum Gasteiger partial charge on any atom is -0.459 e. The lowest BCUT2D eigenvalue weighted by atomic mass is 9.43. The monoisotopic (exact) mass is 916 g/mol. The van der Waals surface area contributed by atoms with E-state index in [1.165, 1.54) is 5.56 Å². The molecule has 4 aromatic rings. The number of benzene rings is 3. The SMILES string of the molecule is C[C@@H]1CCC(=O)N/N=C/c2ccc(cc2)CN2Cc3ccccc3C[C@@H]2C(=O)N/N=C/c2cccc(c2)C(=O)O[C@@H]2CC[C@@]3(C)[C@H](CC[C@@H]4[C@@H]3C[C@H](OC(=O)c3ccncc3)[C@]3(C)[C@@H]1CC[C@@H]43)C2. The minimum absolute atomic E-state index is 0.0102. The Morgan fingerprint density at radius 2 is 1.53 bits per heavy atom. The minimum atomic E-state index is -0.450. The van der Waals surface area contributed by atoms with Crippen molar-refractivity contribution in [2.45, 2.75) is 123 Å². The third-order valence-electron chi connectivity index (χ3n) is 17.6. The Hall–Kier alpha value is -6.01. The summed E-state index contributed by atoms with van der Waals surface area (Å²) in [5.41, 5.74) is 11.2. The predicted molar refractivity (Wildman–Crippen MR) is 259 cm³/mol. The Bertz CT molecular complexity index is 2580. The Morgan fingerprint density at radius 3 is 2.35 bits per heavy atom. The zero-order valence-corrected chi connectivity index (χ0v) is 39.5. The second-order valence-corrected chi connectivity index (χ2v) is 21.2.